The zero-order valence-corrected chi connectivity index (χ0v) is 10.9. The Morgan fingerprint density at radius 1 is 1.50 bits per heavy atom. The summed E-state index contributed by atoms with van der Waals surface area (Å²) in [4.78, 5) is 11.5. The maximum atomic E-state index is 11.5. The molecule has 0 aromatic carbocycles. The fourth-order valence-electron chi connectivity index (χ4n) is 3.11. The van der Waals surface area contributed by atoms with Crippen LogP contribution in [0.15, 0.2) is 0 Å². The Morgan fingerprint density at radius 2 is 2.12 bits per heavy atom. The molecular formula is C13H25NO2. The standard InChI is InChI=1S/C13H25NO2/c1-9(2)11-6-5-10(3)7-13(11,16)8-12(15)14-4/h9-11,16H,5-8H2,1-4H3,(H,14,15)/t10-,11+,13?/m1/s1. The van der Waals surface area contributed by atoms with Gasteiger partial charge in [0, 0.05) is 7.05 Å². The van der Waals surface area contributed by atoms with Crippen LogP contribution in [-0.2, 0) is 4.79 Å². The quantitative estimate of drug-likeness (QED) is 0.774. The van der Waals surface area contributed by atoms with Gasteiger partial charge in [-0.25, -0.2) is 0 Å². The van der Waals surface area contributed by atoms with Gasteiger partial charge in [-0.2, -0.15) is 0 Å². The summed E-state index contributed by atoms with van der Waals surface area (Å²) in [6.07, 6.45) is 3.20. The van der Waals surface area contributed by atoms with Gasteiger partial charge in [0.2, 0.25) is 5.91 Å². The van der Waals surface area contributed by atoms with Gasteiger partial charge in [-0.15, -0.1) is 0 Å². The molecule has 0 aromatic rings. The molecular weight excluding hydrogens is 202 g/mol. The number of hydrogen-bond acceptors (Lipinski definition) is 2. The molecule has 94 valence electrons. The molecule has 1 amide bonds. The van der Waals surface area contributed by atoms with Crippen LogP contribution in [-0.4, -0.2) is 23.7 Å². The van der Waals surface area contributed by atoms with Crippen molar-refractivity contribution >= 4 is 5.91 Å². The monoisotopic (exact) mass is 227 g/mol. The molecule has 0 saturated heterocycles. The Kier molecular flexibility index (Phi) is 4.36. The fraction of sp³-hybridized carbons (Fsp3) is 0.923. The summed E-state index contributed by atoms with van der Waals surface area (Å²) >= 11 is 0. The number of carbonyl (C=O) groups is 1. The van der Waals surface area contributed by atoms with Crippen molar-refractivity contribution in [1.82, 2.24) is 5.32 Å². The number of amides is 1. The van der Waals surface area contributed by atoms with Crippen LogP contribution in [0.1, 0.15) is 46.5 Å². The molecule has 0 heterocycles. The van der Waals surface area contributed by atoms with E-state index in [4.69, 9.17) is 0 Å². The van der Waals surface area contributed by atoms with Gasteiger partial charge in [0.25, 0.3) is 0 Å². The lowest BCUT2D eigenvalue weighted by atomic mass is 9.65. The van der Waals surface area contributed by atoms with Crippen molar-refractivity contribution in [2.75, 3.05) is 7.05 Å². The van der Waals surface area contributed by atoms with E-state index in [1.807, 2.05) is 0 Å². The van der Waals surface area contributed by atoms with Gasteiger partial charge >= 0.3 is 0 Å². The maximum absolute atomic E-state index is 11.5. The highest BCUT2D eigenvalue weighted by atomic mass is 16.3. The average Bonchev–Trinajstić information content (AvgIpc) is 2.15. The van der Waals surface area contributed by atoms with Crippen molar-refractivity contribution < 1.29 is 9.90 Å². The SMILES string of the molecule is CNC(=O)CC1(O)C[C@H](C)CC[C@H]1C(C)C. The van der Waals surface area contributed by atoms with Gasteiger partial charge < -0.3 is 10.4 Å². The summed E-state index contributed by atoms with van der Waals surface area (Å²) in [7, 11) is 1.63. The highest BCUT2D eigenvalue weighted by molar-refractivity contribution is 5.76. The highest BCUT2D eigenvalue weighted by Gasteiger charge is 2.43. The molecule has 0 radical (unpaired) electrons. The molecule has 1 saturated carbocycles. The zero-order chi connectivity index (χ0) is 12.3. The van der Waals surface area contributed by atoms with E-state index in [1.54, 1.807) is 7.05 Å². The fourth-order valence-corrected chi connectivity index (χ4v) is 3.11. The van der Waals surface area contributed by atoms with Crippen molar-refractivity contribution in [3.8, 4) is 0 Å². The summed E-state index contributed by atoms with van der Waals surface area (Å²) in [5, 5.41) is 13.3. The Bertz CT molecular complexity index is 252. The molecule has 3 heteroatoms. The molecule has 0 aliphatic heterocycles. The first-order valence-electron chi connectivity index (χ1n) is 6.32. The first-order chi connectivity index (χ1) is 7.39. The van der Waals surface area contributed by atoms with Crippen LogP contribution < -0.4 is 5.32 Å². The van der Waals surface area contributed by atoms with Crippen LogP contribution >= 0.6 is 0 Å². The molecule has 3 atom stereocenters. The van der Waals surface area contributed by atoms with Crippen LogP contribution in [0.2, 0.25) is 0 Å². The van der Waals surface area contributed by atoms with Gasteiger partial charge in [-0.1, -0.05) is 27.2 Å². The summed E-state index contributed by atoms with van der Waals surface area (Å²) in [5.41, 5.74) is -0.800. The Balaban J connectivity index is 2.79. The topological polar surface area (TPSA) is 49.3 Å². The predicted octanol–water partition coefficient (Wildman–Crippen LogP) is 1.95. The van der Waals surface area contributed by atoms with Crippen LogP contribution in [0.5, 0.6) is 0 Å². The minimum atomic E-state index is -0.800. The number of nitrogens with one attached hydrogen (secondary N) is 1. The third-order valence-electron chi connectivity index (χ3n) is 3.91. The third kappa shape index (κ3) is 2.97. The van der Waals surface area contributed by atoms with Gasteiger partial charge in [0.15, 0.2) is 0 Å². The average molecular weight is 227 g/mol. The molecule has 1 aliphatic rings. The number of aliphatic hydroxyl groups is 1. The van der Waals surface area contributed by atoms with E-state index in [1.165, 1.54) is 6.42 Å². The lowest BCUT2D eigenvalue weighted by molar-refractivity contribution is -0.134. The molecule has 16 heavy (non-hydrogen) atoms. The van der Waals surface area contributed by atoms with Gasteiger partial charge in [0.05, 0.1) is 12.0 Å². The largest absolute Gasteiger partial charge is 0.389 e. The van der Waals surface area contributed by atoms with Crippen molar-refractivity contribution in [2.45, 2.75) is 52.1 Å². The summed E-state index contributed by atoms with van der Waals surface area (Å²) in [6, 6.07) is 0. The molecule has 0 spiro atoms. The van der Waals surface area contributed by atoms with E-state index in [0.717, 1.165) is 12.8 Å². The second-order valence-electron chi connectivity index (χ2n) is 5.69. The lowest BCUT2D eigenvalue weighted by Crippen LogP contribution is -2.48. The molecule has 0 aromatic heterocycles. The van der Waals surface area contributed by atoms with E-state index in [2.05, 4.69) is 26.1 Å². The van der Waals surface area contributed by atoms with Gasteiger partial charge in [-0.05, 0) is 30.6 Å². The van der Waals surface area contributed by atoms with Crippen LogP contribution in [0.3, 0.4) is 0 Å². The zero-order valence-electron chi connectivity index (χ0n) is 10.9. The van der Waals surface area contributed by atoms with E-state index < -0.39 is 5.60 Å². The second-order valence-corrected chi connectivity index (χ2v) is 5.69. The van der Waals surface area contributed by atoms with Crippen molar-refractivity contribution in [3.63, 3.8) is 0 Å². The Labute approximate surface area is 98.6 Å². The van der Waals surface area contributed by atoms with Gasteiger partial charge in [-0.3, -0.25) is 4.79 Å². The van der Waals surface area contributed by atoms with Crippen LogP contribution in [0, 0.1) is 17.8 Å². The lowest BCUT2D eigenvalue weighted by Gasteiger charge is -2.44. The van der Waals surface area contributed by atoms with E-state index in [-0.39, 0.29) is 18.2 Å². The van der Waals surface area contributed by atoms with E-state index in [0.29, 0.717) is 11.8 Å². The molecule has 2 N–H and O–H groups in total. The number of rotatable bonds is 3. The summed E-state index contributed by atoms with van der Waals surface area (Å²) < 4.78 is 0. The molecule has 0 bridgehead atoms. The third-order valence-corrected chi connectivity index (χ3v) is 3.91. The Morgan fingerprint density at radius 3 is 2.62 bits per heavy atom. The summed E-state index contributed by atoms with van der Waals surface area (Å²) in [5.74, 6) is 1.15. The number of carbonyl (C=O) groups excluding carboxylic acids is 1. The molecule has 1 aliphatic carbocycles. The minimum absolute atomic E-state index is 0.0535. The smallest absolute Gasteiger partial charge is 0.222 e. The maximum Gasteiger partial charge on any atom is 0.222 e. The molecule has 1 fully saturated rings. The normalized spacial score (nSPS) is 35.1. The first-order valence-corrected chi connectivity index (χ1v) is 6.32. The van der Waals surface area contributed by atoms with Gasteiger partial charge in [0.1, 0.15) is 0 Å². The highest BCUT2D eigenvalue weighted by Crippen LogP contribution is 2.42. The minimum Gasteiger partial charge on any atom is -0.389 e. The van der Waals surface area contributed by atoms with Crippen LogP contribution in [0.4, 0.5) is 0 Å². The van der Waals surface area contributed by atoms with Crippen molar-refractivity contribution in [1.29, 1.82) is 0 Å². The van der Waals surface area contributed by atoms with E-state index >= 15 is 0 Å². The Hall–Kier alpha value is -0.570. The van der Waals surface area contributed by atoms with Crippen LogP contribution in [0.25, 0.3) is 0 Å². The van der Waals surface area contributed by atoms with Crippen molar-refractivity contribution in [2.24, 2.45) is 17.8 Å². The predicted molar refractivity (Wildman–Crippen MR) is 65.0 cm³/mol. The van der Waals surface area contributed by atoms with Crippen molar-refractivity contribution in [3.05, 3.63) is 0 Å². The summed E-state index contributed by atoms with van der Waals surface area (Å²) in [6.45, 7) is 6.43. The molecule has 1 unspecified atom stereocenters. The first kappa shape index (κ1) is 13.5. The molecule has 1 rings (SSSR count). The second kappa shape index (κ2) is 5.17. The molecule has 3 nitrogen and oxygen atoms in total. The van der Waals surface area contributed by atoms with E-state index in [9.17, 15) is 9.90 Å². The number of hydrogen-bond donors (Lipinski definition) is 2.